The van der Waals surface area contributed by atoms with Gasteiger partial charge in [0.1, 0.15) is 11.5 Å². The smallest absolute Gasteiger partial charge is 0.244 e. The second-order valence-electron chi connectivity index (χ2n) is 5.63. The van der Waals surface area contributed by atoms with Crippen molar-refractivity contribution in [3.63, 3.8) is 0 Å². The lowest BCUT2D eigenvalue weighted by atomic mass is 10.1. The number of nitrogens with one attached hydrogen (secondary N) is 1. The first-order chi connectivity index (χ1) is 12.0. The van der Waals surface area contributed by atoms with Crippen molar-refractivity contribution in [2.45, 2.75) is 27.0 Å². The first-order valence-electron chi connectivity index (χ1n) is 7.84. The molecule has 0 aliphatic carbocycles. The number of ether oxygens (including phenoxy) is 1. The maximum atomic E-state index is 12.0. The molecule has 0 aliphatic heterocycles. The summed E-state index contributed by atoms with van der Waals surface area (Å²) >= 11 is 0. The molecule has 0 radical (unpaired) electrons. The van der Waals surface area contributed by atoms with Gasteiger partial charge in [-0.25, -0.2) is 0 Å². The van der Waals surface area contributed by atoms with Crippen LogP contribution in [-0.4, -0.2) is 28.2 Å². The Kier molecular flexibility index (Phi) is 6.14. The zero-order valence-electron chi connectivity index (χ0n) is 14.5. The van der Waals surface area contributed by atoms with Gasteiger partial charge in [-0.3, -0.25) is 9.78 Å². The lowest BCUT2D eigenvalue weighted by Gasteiger charge is -2.11. The molecule has 25 heavy (non-hydrogen) atoms. The van der Waals surface area contributed by atoms with E-state index in [2.05, 4.69) is 10.3 Å². The number of aliphatic hydroxyl groups is 1. The minimum absolute atomic E-state index is 0.0124. The number of amides is 1. The number of carbonyl (C=O) groups is 1. The summed E-state index contributed by atoms with van der Waals surface area (Å²) in [7, 11) is 1.61. The number of nitrogens with zero attached hydrogens (tertiary/aromatic N) is 1. The van der Waals surface area contributed by atoms with Gasteiger partial charge in [0.2, 0.25) is 5.91 Å². The van der Waals surface area contributed by atoms with E-state index in [9.17, 15) is 15.0 Å². The maximum Gasteiger partial charge on any atom is 0.244 e. The van der Waals surface area contributed by atoms with Gasteiger partial charge >= 0.3 is 0 Å². The normalized spacial score (nSPS) is 10.9. The van der Waals surface area contributed by atoms with Crippen LogP contribution < -0.4 is 10.1 Å². The van der Waals surface area contributed by atoms with Crippen LogP contribution in [0.2, 0.25) is 0 Å². The number of aliphatic hydroxyl groups excluding tert-OH is 1. The summed E-state index contributed by atoms with van der Waals surface area (Å²) in [6, 6.07) is 5.63. The molecule has 0 saturated carbocycles. The van der Waals surface area contributed by atoms with Crippen LogP contribution in [0.5, 0.6) is 11.5 Å². The molecule has 1 aromatic heterocycles. The third-order valence-corrected chi connectivity index (χ3v) is 3.89. The molecule has 132 valence electrons. The summed E-state index contributed by atoms with van der Waals surface area (Å²) in [4.78, 5) is 16.0. The molecule has 2 rings (SSSR count). The van der Waals surface area contributed by atoms with Crippen LogP contribution in [0, 0.1) is 13.8 Å². The molecule has 1 heterocycles. The fourth-order valence-corrected chi connectivity index (χ4v) is 2.43. The second-order valence-corrected chi connectivity index (χ2v) is 5.63. The first-order valence-corrected chi connectivity index (χ1v) is 7.84. The standard InChI is InChI=1S/C19H22N2O4/c1-12-8-14(4-6-17(12)25-3)5-7-18(23)21-10-16-15(11-22)9-20-13(2)19(16)24/h4-9,22,24H,10-11H2,1-3H3,(H,21,23)/b7-5+. The van der Waals surface area contributed by atoms with Crippen LogP contribution in [0.1, 0.15) is 27.9 Å². The highest BCUT2D eigenvalue weighted by Gasteiger charge is 2.11. The molecule has 0 unspecified atom stereocenters. The molecule has 0 saturated heterocycles. The topological polar surface area (TPSA) is 91.7 Å². The summed E-state index contributed by atoms with van der Waals surface area (Å²) in [5.74, 6) is 0.481. The number of benzene rings is 1. The van der Waals surface area contributed by atoms with E-state index in [1.807, 2.05) is 25.1 Å². The number of methoxy groups -OCH3 is 1. The van der Waals surface area contributed by atoms with Gasteiger partial charge in [0.05, 0.1) is 19.4 Å². The molecule has 3 N–H and O–H groups in total. The minimum Gasteiger partial charge on any atom is -0.506 e. The third kappa shape index (κ3) is 4.58. The average Bonchev–Trinajstić information content (AvgIpc) is 2.61. The molecule has 0 atom stereocenters. The zero-order chi connectivity index (χ0) is 18.4. The molecular formula is C19H22N2O4. The molecule has 6 heteroatoms. The van der Waals surface area contributed by atoms with Crippen molar-refractivity contribution in [3.8, 4) is 11.5 Å². The van der Waals surface area contributed by atoms with Gasteiger partial charge in [-0.15, -0.1) is 0 Å². The Bertz CT molecular complexity index is 800. The van der Waals surface area contributed by atoms with Crippen LogP contribution in [-0.2, 0) is 17.9 Å². The van der Waals surface area contributed by atoms with Crippen molar-refractivity contribution in [1.82, 2.24) is 10.3 Å². The van der Waals surface area contributed by atoms with Crippen molar-refractivity contribution < 1.29 is 19.7 Å². The van der Waals surface area contributed by atoms with E-state index in [-0.39, 0.29) is 24.8 Å². The molecule has 1 aromatic carbocycles. The number of hydrogen-bond donors (Lipinski definition) is 3. The number of carbonyl (C=O) groups excluding carboxylic acids is 1. The third-order valence-electron chi connectivity index (χ3n) is 3.89. The van der Waals surface area contributed by atoms with E-state index in [1.54, 1.807) is 20.1 Å². The summed E-state index contributed by atoms with van der Waals surface area (Å²) in [5.41, 5.74) is 3.27. The molecule has 0 spiro atoms. The Balaban J connectivity index is 2.04. The lowest BCUT2D eigenvalue weighted by molar-refractivity contribution is -0.116. The minimum atomic E-state index is -0.300. The summed E-state index contributed by atoms with van der Waals surface area (Å²) in [6.07, 6.45) is 4.61. The molecule has 1 amide bonds. The predicted octanol–water partition coefficient (Wildman–Crippen LogP) is 2.23. The zero-order valence-corrected chi connectivity index (χ0v) is 14.5. The second kappa shape index (κ2) is 8.30. The Morgan fingerprint density at radius 2 is 2.12 bits per heavy atom. The molecule has 6 nitrogen and oxygen atoms in total. The van der Waals surface area contributed by atoms with E-state index in [0.717, 1.165) is 16.9 Å². The average molecular weight is 342 g/mol. The van der Waals surface area contributed by atoms with Crippen molar-refractivity contribution in [2.24, 2.45) is 0 Å². The predicted molar refractivity (Wildman–Crippen MR) is 95.2 cm³/mol. The van der Waals surface area contributed by atoms with Gasteiger partial charge in [-0.2, -0.15) is 0 Å². The molecule has 0 bridgehead atoms. The number of aryl methyl sites for hydroxylation is 2. The molecule has 0 aliphatic rings. The van der Waals surface area contributed by atoms with Gasteiger partial charge in [0.25, 0.3) is 0 Å². The van der Waals surface area contributed by atoms with Gasteiger partial charge in [0.15, 0.2) is 0 Å². The SMILES string of the molecule is COc1ccc(/C=C/C(=O)NCc2c(CO)cnc(C)c2O)cc1C. The van der Waals surface area contributed by atoms with Crippen LogP contribution >= 0.6 is 0 Å². The quantitative estimate of drug-likeness (QED) is 0.700. The van der Waals surface area contributed by atoms with Crippen molar-refractivity contribution in [3.05, 3.63) is 58.4 Å². The Labute approximate surface area is 146 Å². The number of aromatic nitrogens is 1. The Morgan fingerprint density at radius 3 is 2.76 bits per heavy atom. The number of rotatable bonds is 6. The van der Waals surface area contributed by atoms with Gasteiger partial charge in [-0.05, 0) is 43.2 Å². The molecule has 2 aromatic rings. The first kappa shape index (κ1) is 18.5. The van der Waals surface area contributed by atoms with Crippen LogP contribution in [0.25, 0.3) is 6.08 Å². The van der Waals surface area contributed by atoms with Crippen molar-refractivity contribution >= 4 is 12.0 Å². The molecule has 0 fully saturated rings. The van der Waals surface area contributed by atoms with E-state index in [1.165, 1.54) is 12.3 Å². The number of hydrogen-bond acceptors (Lipinski definition) is 5. The lowest BCUT2D eigenvalue weighted by Crippen LogP contribution is -2.21. The van der Waals surface area contributed by atoms with Gasteiger partial charge in [-0.1, -0.05) is 6.07 Å². The van der Waals surface area contributed by atoms with Crippen molar-refractivity contribution in [1.29, 1.82) is 0 Å². The fourth-order valence-electron chi connectivity index (χ4n) is 2.43. The summed E-state index contributed by atoms with van der Waals surface area (Å²) in [5, 5.41) is 22.1. The van der Waals surface area contributed by atoms with E-state index < -0.39 is 0 Å². The highest BCUT2D eigenvalue weighted by atomic mass is 16.5. The van der Waals surface area contributed by atoms with Crippen molar-refractivity contribution in [2.75, 3.05) is 7.11 Å². The Hall–Kier alpha value is -2.86. The largest absolute Gasteiger partial charge is 0.506 e. The van der Waals surface area contributed by atoms with Crippen LogP contribution in [0.15, 0.2) is 30.5 Å². The van der Waals surface area contributed by atoms with Crippen LogP contribution in [0.3, 0.4) is 0 Å². The number of aromatic hydroxyl groups is 1. The van der Waals surface area contributed by atoms with Crippen LogP contribution in [0.4, 0.5) is 0 Å². The summed E-state index contributed by atoms with van der Waals surface area (Å²) in [6.45, 7) is 3.44. The highest BCUT2D eigenvalue weighted by molar-refractivity contribution is 5.91. The van der Waals surface area contributed by atoms with E-state index in [0.29, 0.717) is 16.8 Å². The maximum absolute atomic E-state index is 12.0. The molecular weight excluding hydrogens is 320 g/mol. The highest BCUT2D eigenvalue weighted by Crippen LogP contribution is 2.23. The monoisotopic (exact) mass is 342 g/mol. The summed E-state index contributed by atoms with van der Waals surface area (Å²) < 4.78 is 5.20. The Morgan fingerprint density at radius 1 is 1.36 bits per heavy atom. The van der Waals surface area contributed by atoms with E-state index in [4.69, 9.17) is 4.74 Å². The van der Waals surface area contributed by atoms with E-state index >= 15 is 0 Å². The fraction of sp³-hybridized carbons (Fsp3) is 0.263. The van der Waals surface area contributed by atoms with Gasteiger partial charge in [0, 0.05) is 29.9 Å². The number of pyridine rings is 1. The van der Waals surface area contributed by atoms with Gasteiger partial charge < -0.3 is 20.3 Å².